The minimum Gasteiger partial charge on any atom is -0.384 e. The predicted molar refractivity (Wildman–Crippen MR) is 83.8 cm³/mol. The van der Waals surface area contributed by atoms with E-state index in [0.717, 1.165) is 25.5 Å². The van der Waals surface area contributed by atoms with Crippen LogP contribution in [-0.4, -0.2) is 38.3 Å². The fourth-order valence-corrected chi connectivity index (χ4v) is 2.91. The Hall–Kier alpha value is -0.900. The fourth-order valence-electron chi connectivity index (χ4n) is 2.91. The van der Waals surface area contributed by atoms with Gasteiger partial charge >= 0.3 is 0 Å². The molecule has 1 aromatic carbocycles. The van der Waals surface area contributed by atoms with Crippen LogP contribution in [-0.2, 0) is 4.74 Å². The molecule has 0 aromatic heterocycles. The minimum absolute atomic E-state index is 0.160. The summed E-state index contributed by atoms with van der Waals surface area (Å²) >= 11 is 0. The van der Waals surface area contributed by atoms with Crippen molar-refractivity contribution in [1.29, 1.82) is 0 Å². The maximum atomic E-state index is 6.29. The van der Waals surface area contributed by atoms with E-state index in [9.17, 15) is 0 Å². The number of rotatable bonds is 6. The predicted octanol–water partition coefficient (Wildman–Crippen LogP) is 2.74. The monoisotopic (exact) mass is 276 g/mol. The summed E-state index contributed by atoms with van der Waals surface area (Å²) < 4.78 is 5.24. The number of piperidine rings is 1. The van der Waals surface area contributed by atoms with Gasteiger partial charge in [-0.25, -0.2) is 0 Å². The summed E-state index contributed by atoms with van der Waals surface area (Å²) in [6.45, 7) is 6.51. The molecule has 3 heteroatoms. The van der Waals surface area contributed by atoms with E-state index >= 15 is 0 Å². The zero-order valence-electron chi connectivity index (χ0n) is 12.8. The summed E-state index contributed by atoms with van der Waals surface area (Å²) in [4.78, 5) is 2.54. The maximum Gasteiger partial charge on any atom is 0.0491 e. The van der Waals surface area contributed by atoms with E-state index in [0.29, 0.717) is 0 Å². The highest BCUT2D eigenvalue weighted by Gasteiger charge is 2.19. The van der Waals surface area contributed by atoms with Crippen molar-refractivity contribution in [1.82, 2.24) is 4.90 Å². The van der Waals surface area contributed by atoms with Crippen molar-refractivity contribution in [3.05, 3.63) is 35.4 Å². The van der Waals surface area contributed by atoms with E-state index in [1.165, 1.54) is 37.1 Å². The highest BCUT2D eigenvalue weighted by atomic mass is 16.5. The highest BCUT2D eigenvalue weighted by Crippen LogP contribution is 2.20. The molecule has 2 rings (SSSR count). The Labute approximate surface area is 123 Å². The van der Waals surface area contributed by atoms with Gasteiger partial charge in [-0.3, -0.25) is 0 Å². The highest BCUT2D eigenvalue weighted by molar-refractivity contribution is 5.23. The summed E-state index contributed by atoms with van der Waals surface area (Å²) in [5.41, 5.74) is 8.84. The number of nitrogens with zero attached hydrogens (tertiary/aromatic N) is 1. The van der Waals surface area contributed by atoms with Gasteiger partial charge in [-0.1, -0.05) is 29.8 Å². The van der Waals surface area contributed by atoms with Crippen LogP contribution >= 0.6 is 0 Å². The summed E-state index contributed by atoms with van der Waals surface area (Å²) in [6.07, 6.45) is 3.55. The van der Waals surface area contributed by atoms with Crippen LogP contribution in [0.4, 0.5) is 0 Å². The van der Waals surface area contributed by atoms with Gasteiger partial charge < -0.3 is 15.4 Å². The topological polar surface area (TPSA) is 38.5 Å². The van der Waals surface area contributed by atoms with E-state index in [4.69, 9.17) is 10.5 Å². The van der Waals surface area contributed by atoms with Crippen LogP contribution in [0.1, 0.15) is 36.4 Å². The van der Waals surface area contributed by atoms with Gasteiger partial charge in [0.25, 0.3) is 0 Å². The first-order valence-electron chi connectivity index (χ1n) is 7.72. The number of nitrogens with two attached hydrogens (primary N) is 1. The van der Waals surface area contributed by atoms with Gasteiger partial charge in [-0.2, -0.15) is 0 Å². The molecule has 3 nitrogen and oxygen atoms in total. The lowest BCUT2D eigenvalue weighted by molar-refractivity contribution is 0.0983. The van der Waals surface area contributed by atoms with Crippen molar-refractivity contribution in [2.24, 2.45) is 11.7 Å². The van der Waals surface area contributed by atoms with Gasteiger partial charge in [0.15, 0.2) is 0 Å². The largest absolute Gasteiger partial charge is 0.384 e. The minimum atomic E-state index is 0.160. The fraction of sp³-hybridized carbons (Fsp3) is 0.647. The van der Waals surface area contributed by atoms with E-state index in [-0.39, 0.29) is 6.04 Å². The summed E-state index contributed by atoms with van der Waals surface area (Å²) in [5.74, 6) is 0.752. The molecule has 1 fully saturated rings. The summed E-state index contributed by atoms with van der Waals surface area (Å²) in [7, 11) is 1.80. The van der Waals surface area contributed by atoms with Crippen LogP contribution < -0.4 is 5.73 Å². The molecule has 1 aliphatic rings. The molecule has 0 spiro atoms. The van der Waals surface area contributed by atoms with E-state index in [2.05, 4.69) is 36.1 Å². The second-order valence-electron chi connectivity index (χ2n) is 6.05. The Bertz CT molecular complexity index is 382. The second kappa shape index (κ2) is 7.77. The molecule has 112 valence electrons. The van der Waals surface area contributed by atoms with E-state index in [1.807, 2.05) is 0 Å². The molecular weight excluding hydrogens is 248 g/mol. The molecule has 0 aliphatic carbocycles. The number of hydrogen-bond acceptors (Lipinski definition) is 3. The smallest absolute Gasteiger partial charge is 0.0491 e. The van der Waals surface area contributed by atoms with Crippen LogP contribution in [0.5, 0.6) is 0 Å². The normalized spacial score (nSPS) is 19.1. The zero-order chi connectivity index (χ0) is 14.4. The average Bonchev–Trinajstić information content (AvgIpc) is 2.47. The molecule has 20 heavy (non-hydrogen) atoms. The lowest BCUT2D eigenvalue weighted by Gasteiger charge is -2.32. The van der Waals surface area contributed by atoms with Crippen LogP contribution in [0.15, 0.2) is 24.3 Å². The Balaban J connectivity index is 1.71. The SMILES string of the molecule is COCC1CCN(CCC(N)c2ccc(C)cc2)CC1. The first kappa shape index (κ1) is 15.5. The number of ether oxygens (including phenoxy) is 1. The van der Waals surface area contributed by atoms with Crippen molar-refractivity contribution in [3.63, 3.8) is 0 Å². The van der Waals surface area contributed by atoms with Gasteiger partial charge in [0.2, 0.25) is 0 Å². The number of aryl methyl sites for hydroxylation is 1. The number of benzene rings is 1. The van der Waals surface area contributed by atoms with E-state index in [1.54, 1.807) is 7.11 Å². The third-order valence-electron chi connectivity index (χ3n) is 4.37. The molecule has 2 N–H and O–H groups in total. The molecule has 0 radical (unpaired) electrons. The summed E-state index contributed by atoms with van der Waals surface area (Å²) in [5, 5.41) is 0. The molecule has 1 aliphatic heterocycles. The Morgan fingerprint density at radius 2 is 1.90 bits per heavy atom. The van der Waals surface area contributed by atoms with Crippen molar-refractivity contribution in [3.8, 4) is 0 Å². The van der Waals surface area contributed by atoms with E-state index < -0.39 is 0 Å². The summed E-state index contributed by atoms with van der Waals surface area (Å²) in [6, 6.07) is 8.76. The Morgan fingerprint density at radius 1 is 1.25 bits per heavy atom. The third-order valence-corrected chi connectivity index (χ3v) is 4.37. The third kappa shape index (κ3) is 4.58. The van der Waals surface area contributed by atoms with Crippen molar-refractivity contribution >= 4 is 0 Å². The molecule has 1 aromatic rings. The maximum absolute atomic E-state index is 6.29. The van der Waals surface area contributed by atoms with Crippen molar-refractivity contribution in [2.75, 3.05) is 33.4 Å². The first-order chi connectivity index (χ1) is 9.69. The molecule has 1 heterocycles. The first-order valence-corrected chi connectivity index (χ1v) is 7.72. The molecule has 0 bridgehead atoms. The van der Waals surface area contributed by atoms with Gasteiger partial charge in [-0.15, -0.1) is 0 Å². The molecule has 0 saturated carbocycles. The standard InChI is InChI=1S/C17H28N2O/c1-14-3-5-16(6-4-14)17(18)9-12-19-10-7-15(8-11-19)13-20-2/h3-6,15,17H,7-13,18H2,1-2H3. The Kier molecular flexibility index (Phi) is 6.02. The molecule has 1 saturated heterocycles. The second-order valence-corrected chi connectivity index (χ2v) is 6.05. The quantitative estimate of drug-likeness (QED) is 0.868. The number of methoxy groups -OCH3 is 1. The van der Waals surface area contributed by atoms with Gasteiger partial charge in [0, 0.05) is 19.8 Å². The average molecular weight is 276 g/mol. The van der Waals surface area contributed by atoms with Crippen LogP contribution in [0, 0.1) is 12.8 Å². The number of hydrogen-bond donors (Lipinski definition) is 1. The van der Waals surface area contributed by atoms with Crippen LogP contribution in [0.3, 0.4) is 0 Å². The number of likely N-dealkylation sites (tertiary alicyclic amines) is 1. The van der Waals surface area contributed by atoms with Crippen molar-refractivity contribution < 1.29 is 4.74 Å². The molecule has 1 atom stereocenters. The lowest BCUT2D eigenvalue weighted by atomic mass is 9.97. The van der Waals surface area contributed by atoms with Crippen molar-refractivity contribution in [2.45, 2.75) is 32.2 Å². The van der Waals surface area contributed by atoms with Crippen LogP contribution in [0.2, 0.25) is 0 Å². The molecular formula is C17H28N2O. The Morgan fingerprint density at radius 3 is 2.50 bits per heavy atom. The molecule has 1 unspecified atom stereocenters. The van der Waals surface area contributed by atoms with Gasteiger partial charge in [0.05, 0.1) is 0 Å². The van der Waals surface area contributed by atoms with Gasteiger partial charge in [0.1, 0.15) is 0 Å². The zero-order valence-corrected chi connectivity index (χ0v) is 12.8. The van der Waals surface area contributed by atoms with Crippen LogP contribution in [0.25, 0.3) is 0 Å². The molecule has 0 amide bonds. The lowest BCUT2D eigenvalue weighted by Crippen LogP contribution is -2.36. The van der Waals surface area contributed by atoms with Gasteiger partial charge in [-0.05, 0) is 57.3 Å².